The van der Waals surface area contributed by atoms with Crippen LogP contribution in [0.25, 0.3) is 11.0 Å². The van der Waals surface area contributed by atoms with Crippen molar-refractivity contribution in [3.05, 3.63) is 28.6 Å². The summed E-state index contributed by atoms with van der Waals surface area (Å²) in [6, 6.07) is 2.59. The highest BCUT2D eigenvalue weighted by Gasteiger charge is 2.37. The predicted octanol–water partition coefficient (Wildman–Crippen LogP) is 3.22. The van der Waals surface area contributed by atoms with Crippen LogP contribution >= 0.6 is 0 Å². The van der Waals surface area contributed by atoms with E-state index in [0.717, 1.165) is 36.7 Å². The molecule has 1 aliphatic heterocycles. The number of aliphatic hydroxyl groups is 1. The number of hydrogen-bond acceptors (Lipinski definition) is 4. The molecule has 3 saturated carbocycles. The highest BCUT2D eigenvalue weighted by molar-refractivity contribution is 5.98. The number of fused-ring (bicyclic) bond motifs is 1. The summed E-state index contributed by atoms with van der Waals surface area (Å²) in [5.41, 5.74) is 6.06. The van der Waals surface area contributed by atoms with Crippen molar-refractivity contribution >= 4 is 22.8 Å². The largest absolute Gasteiger partial charge is 0.393 e. The van der Waals surface area contributed by atoms with Gasteiger partial charge in [0.15, 0.2) is 5.82 Å². The molecule has 0 spiro atoms. The molecule has 1 N–H and O–H groups in total. The van der Waals surface area contributed by atoms with Crippen molar-refractivity contribution in [2.75, 3.05) is 19.6 Å². The number of benzene rings is 1. The van der Waals surface area contributed by atoms with Crippen LogP contribution < -0.4 is 0 Å². The van der Waals surface area contributed by atoms with Gasteiger partial charge in [0.05, 0.1) is 17.1 Å². The maximum absolute atomic E-state index is 13.5. The standard InChI is InChI=1S/C26H34N4O3/c1-15-20(16-3-4-16)13-21(17-5-6-17)24-23(15)27-25(28(24)2)26(33)29-11-12-30(22(32)14-29)18-7-9-19(31)10-8-18/h13,16-19,31H,3-12,14H2,1-2H3. The van der Waals surface area contributed by atoms with Crippen molar-refractivity contribution in [1.29, 1.82) is 0 Å². The molecule has 0 atom stereocenters. The summed E-state index contributed by atoms with van der Waals surface area (Å²) in [7, 11) is 1.95. The lowest BCUT2D eigenvalue weighted by atomic mass is 9.91. The Morgan fingerprint density at radius 2 is 1.67 bits per heavy atom. The first-order valence-corrected chi connectivity index (χ1v) is 12.7. The Kier molecular flexibility index (Phi) is 5.02. The molecule has 2 heterocycles. The van der Waals surface area contributed by atoms with Crippen molar-refractivity contribution in [3.8, 4) is 0 Å². The van der Waals surface area contributed by atoms with Crippen LogP contribution in [0.3, 0.4) is 0 Å². The van der Waals surface area contributed by atoms with Gasteiger partial charge in [0, 0.05) is 26.2 Å². The monoisotopic (exact) mass is 450 g/mol. The SMILES string of the molecule is Cc1c(C2CC2)cc(C2CC2)c2c1nc(C(=O)N1CCN(C3CCC(O)CC3)C(=O)C1)n2C. The number of piperazine rings is 1. The van der Waals surface area contributed by atoms with Crippen LogP contribution in [0.5, 0.6) is 0 Å². The van der Waals surface area contributed by atoms with Gasteiger partial charge in [-0.3, -0.25) is 9.59 Å². The Hall–Kier alpha value is -2.41. The zero-order chi connectivity index (χ0) is 22.9. The van der Waals surface area contributed by atoms with Crippen LogP contribution in [0.4, 0.5) is 0 Å². The molecule has 7 heteroatoms. The van der Waals surface area contributed by atoms with Crippen LogP contribution in [-0.2, 0) is 11.8 Å². The lowest BCUT2D eigenvalue weighted by Gasteiger charge is -2.41. The molecular weight excluding hydrogens is 416 g/mol. The van der Waals surface area contributed by atoms with E-state index < -0.39 is 0 Å². The van der Waals surface area contributed by atoms with E-state index in [-0.39, 0.29) is 30.5 Å². The molecule has 0 radical (unpaired) electrons. The summed E-state index contributed by atoms with van der Waals surface area (Å²) in [6.07, 6.45) is 7.89. The molecule has 4 aliphatic rings. The van der Waals surface area contributed by atoms with Crippen LogP contribution in [0.2, 0.25) is 0 Å². The van der Waals surface area contributed by atoms with Gasteiger partial charge in [-0.2, -0.15) is 0 Å². The van der Waals surface area contributed by atoms with E-state index in [1.807, 2.05) is 16.5 Å². The molecule has 0 unspecified atom stereocenters. The Balaban J connectivity index is 1.27. The molecule has 3 aliphatic carbocycles. The van der Waals surface area contributed by atoms with Gasteiger partial charge >= 0.3 is 0 Å². The number of nitrogens with zero attached hydrogens (tertiary/aromatic N) is 4. The van der Waals surface area contributed by atoms with E-state index in [1.54, 1.807) is 4.90 Å². The Bertz CT molecular complexity index is 1120. The van der Waals surface area contributed by atoms with Gasteiger partial charge in [-0.25, -0.2) is 4.98 Å². The van der Waals surface area contributed by atoms with Gasteiger partial charge in [0.1, 0.15) is 6.54 Å². The zero-order valence-corrected chi connectivity index (χ0v) is 19.7. The third-order valence-electron chi connectivity index (χ3n) is 8.34. The second kappa shape index (κ2) is 7.83. The summed E-state index contributed by atoms with van der Waals surface area (Å²) in [5, 5.41) is 9.78. The molecule has 1 saturated heterocycles. The topological polar surface area (TPSA) is 78.7 Å². The van der Waals surface area contributed by atoms with Crippen molar-refractivity contribution in [2.24, 2.45) is 7.05 Å². The quantitative estimate of drug-likeness (QED) is 0.776. The van der Waals surface area contributed by atoms with Crippen molar-refractivity contribution in [2.45, 2.75) is 82.3 Å². The molecule has 4 fully saturated rings. The van der Waals surface area contributed by atoms with Crippen LogP contribution in [0.15, 0.2) is 6.07 Å². The smallest absolute Gasteiger partial charge is 0.290 e. The van der Waals surface area contributed by atoms with E-state index in [4.69, 9.17) is 4.98 Å². The van der Waals surface area contributed by atoms with Gasteiger partial charge in [0.25, 0.3) is 5.91 Å². The van der Waals surface area contributed by atoms with Gasteiger partial charge in [0.2, 0.25) is 5.91 Å². The fourth-order valence-electron chi connectivity index (χ4n) is 6.04. The fourth-order valence-corrected chi connectivity index (χ4v) is 6.04. The first kappa shape index (κ1) is 21.1. The first-order chi connectivity index (χ1) is 15.9. The molecule has 1 aromatic heterocycles. The number of aryl methyl sites for hydroxylation is 2. The van der Waals surface area contributed by atoms with Gasteiger partial charge in [-0.05, 0) is 86.8 Å². The van der Waals surface area contributed by atoms with Crippen LogP contribution in [0, 0.1) is 6.92 Å². The van der Waals surface area contributed by atoms with Gasteiger partial charge in [-0.1, -0.05) is 6.07 Å². The molecule has 2 aromatic rings. The third kappa shape index (κ3) is 3.65. The molecular formula is C26H34N4O3. The molecule has 1 aromatic carbocycles. The number of carbonyl (C=O) groups excluding carboxylic acids is 2. The Morgan fingerprint density at radius 3 is 2.30 bits per heavy atom. The minimum absolute atomic E-state index is 0.0145. The third-order valence-corrected chi connectivity index (χ3v) is 8.34. The summed E-state index contributed by atoms with van der Waals surface area (Å²) in [4.78, 5) is 35.0. The van der Waals surface area contributed by atoms with E-state index in [1.165, 1.54) is 42.4 Å². The van der Waals surface area contributed by atoms with E-state index in [9.17, 15) is 14.7 Å². The van der Waals surface area contributed by atoms with Gasteiger partial charge in [-0.15, -0.1) is 0 Å². The average Bonchev–Trinajstić information content (AvgIpc) is 3.72. The molecule has 2 amide bonds. The van der Waals surface area contributed by atoms with E-state index >= 15 is 0 Å². The predicted molar refractivity (Wildman–Crippen MR) is 125 cm³/mol. The molecule has 33 heavy (non-hydrogen) atoms. The zero-order valence-electron chi connectivity index (χ0n) is 19.7. The van der Waals surface area contributed by atoms with Crippen molar-refractivity contribution in [1.82, 2.24) is 19.4 Å². The normalized spacial score (nSPS) is 26.3. The molecule has 176 valence electrons. The van der Waals surface area contributed by atoms with E-state index in [0.29, 0.717) is 30.7 Å². The minimum atomic E-state index is -0.235. The van der Waals surface area contributed by atoms with Crippen LogP contribution in [0.1, 0.15) is 90.5 Å². The lowest BCUT2D eigenvalue weighted by molar-refractivity contribution is -0.138. The van der Waals surface area contributed by atoms with Crippen molar-refractivity contribution < 1.29 is 14.7 Å². The summed E-state index contributed by atoms with van der Waals surface area (Å²) in [5.74, 6) is 1.56. The number of amides is 2. The number of imidazole rings is 1. The Morgan fingerprint density at radius 1 is 1.00 bits per heavy atom. The number of aromatic nitrogens is 2. The summed E-state index contributed by atoms with van der Waals surface area (Å²) < 4.78 is 1.98. The van der Waals surface area contributed by atoms with Crippen molar-refractivity contribution in [3.63, 3.8) is 0 Å². The minimum Gasteiger partial charge on any atom is -0.393 e. The molecule has 7 nitrogen and oxygen atoms in total. The lowest BCUT2D eigenvalue weighted by Crippen LogP contribution is -2.56. The maximum Gasteiger partial charge on any atom is 0.290 e. The summed E-state index contributed by atoms with van der Waals surface area (Å²) >= 11 is 0. The Labute approximate surface area is 194 Å². The maximum atomic E-state index is 13.5. The highest BCUT2D eigenvalue weighted by atomic mass is 16.3. The highest BCUT2D eigenvalue weighted by Crippen LogP contribution is 2.49. The number of rotatable bonds is 4. The summed E-state index contributed by atoms with van der Waals surface area (Å²) in [6.45, 7) is 3.36. The fraction of sp³-hybridized carbons (Fsp3) is 0.654. The number of aliphatic hydroxyl groups excluding tert-OH is 1. The second-order valence-electron chi connectivity index (χ2n) is 10.7. The van der Waals surface area contributed by atoms with Crippen LogP contribution in [-0.4, -0.2) is 68.1 Å². The average molecular weight is 451 g/mol. The van der Waals surface area contributed by atoms with Gasteiger partial charge < -0.3 is 19.5 Å². The second-order valence-corrected chi connectivity index (χ2v) is 10.7. The number of hydrogen-bond donors (Lipinski definition) is 1. The first-order valence-electron chi connectivity index (χ1n) is 12.7. The molecule has 6 rings (SSSR count). The number of carbonyl (C=O) groups is 2. The molecule has 0 bridgehead atoms. The van der Waals surface area contributed by atoms with E-state index in [2.05, 4.69) is 13.0 Å².